The minimum absolute atomic E-state index is 0.0694. The Kier molecular flexibility index (Phi) is 4.40. The Hall–Kier alpha value is -2.60. The molecule has 1 aliphatic heterocycles. The lowest BCUT2D eigenvalue weighted by atomic mass is 10.2. The van der Waals surface area contributed by atoms with E-state index in [4.69, 9.17) is 0 Å². The maximum atomic E-state index is 13.0. The van der Waals surface area contributed by atoms with Crippen molar-refractivity contribution < 1.29 is 14.3 Å². The number of hydrogen-bond acceptors (Lipinski definition) is 4. The van der Waals surface area contributed by atoms with Crippen molar-refractivity contribution in [2.75, 3.05) is 7.05 Å². The summed E-state index contributed by atoms with van der Waals surface area (Å²) >= 11 is 1.22. The third kappa shape index (κ3) is 3.33. The molecule has 1 aliphatic rings. The summed E-state index contributed by atoms with van der Waals surface area (Å²) in [5.74, 6) is -0.439. The lowest BCUT2D eigenvalue weighted by Gasteiger charge is -2.08. The molecule has 6 heteroatoms. The van der Waals surface area contributed by atoms with E-state index in [2.05, 4.69) is 4.99 Å². The third-order valence-corrected chi connectivity index (χ3v) is 4.58. The highest BCUT2D eigenvalue weighted by molar-refractivity contribution is 8.18. The zero-order valence-electron chi connectivity index (χ0n) is 13.2. The average molecular weight is 342 g/mol. The fourth-order valence-electron chi connectivity index (χ4n) is 2.19. The summed E-state index contributed by atoms with van der Waals surface area (Å²) in [7, 11) is 1.63. The molecule has 0 unspecified atom stereocenters. The Balaban J connectivity index is 1.91. The summed E-state index contributed by atoms with van der Waals surface area (Å²) in [5, 5.41) is 10.4. The molecule has 4 nitrogen and oxygen atoms in total. The van der Waals surface area contributed by atoms with E-state index < -0.39 is 0 Å². The molecule has 1 saturated heterocycles. The first-order valence-corrected chi connectivity index (χ1v) is 8.07. The van der Waals surface area contributed by atoms with Gasteiger partial charge in [0.25, 0.3) is 5.91 Å². The van der Waals surface area contributed by atoms with Gasteiger partial charge in [-0.1, -0.05) is 18.2 Å². The van der Waals surface area contributed by atoms with Crippen LogP contribution in [0.5, 0.6) is 5.75 Å². The molecule has 1 N–H and O–H groups in total. The van der Waals surface area contributed by atoms with Gasteiger partial charge in [0.15, 0.2) is 5.17 Å². The molecular formula is C18H15FN2O2S. The van der Waals surface area contributed by atoms with Gasteiger partial charge in [0.2, 0.25) is 0 Å². The van der Waals surface area contributed by atoms with Crippen LogP contribution < -0.4 is 0 Å². The maximum Gasteiger partial charge on any atom is 0.266 e. The number of aryl methyl sites for hydroxylation is 1. The number of amidine groups is 1. The zero-order valence-corrected chi connectivity index (χ0v) is 14.0. The first kappa shape index (κ1) is 16.3. The fourth-order valence-corrected chi connectivity index (χ4v) is 3.17. The second-order valence-electron chi connectivity index (χ2n) is 5.41. The predicted molar refractivity (Wildman–Crippen MR) is 94.7 cm³/mol. The van der Waals surface area contributed by atoms with Crippen LogP contribution in [0.2, 0.25) is 0 Å². The van der Waals surface area contributed by atoms with Gasteiger partial charge < -0.3 is 5.11 Å². The smallest absolute Gasteiger partial charge is 0.266 e. The highest BCUT2D eigenvalue weighted by atomic mass is 32.2. The van der Waals surface area contributed by atoms with Crippen molar-refractivity contribution >= 4 is 34.6 Å². The summed E-state index contributed by atoms with van der Waals surface area (Å²) in [4.78, 5) is 18.6. The van der Waals surface area contributed by atoms with Crippen molar-refractivity contribution in [1.82, 2.24) is 4.90 Å². The number of halogens is 1. The van der Waals surface area contributed by atoms with Crippen molar-refractivity contribution in [1.29, 1.82) is 0 Å². The Morgan fingerprint density at radius 2 is 1.92 bits per heavy atom. The number of phenolic OH excluding ortho intramolecular Hbond substituents is 1. The number of hydrogen-bond donors (Lipinski definition) is 1. The number of amides is 1. The average Bonchev–Trinajstić information content (AvgIpc) is 2.80. The van der Waals surface area contributed by atoms with E-state index in [0.29, 0.717) is 15.8 Å². The summed E-state index contributed by atoms with van der Waals surface area (Å²) in [6.07, 6.45) is 1.69. The molecule has 0 radical (unpaired) electrons. The first-order valence-electron chi connectivity index (χ1n) is 7.25. The molecule has 0 aliphatic carbocycles. The molecule has 1 amide bonds. The number of benzene rings is 2. The molecule has 3 rings (SSSR count). The van der Waals surface area contributed by atoms with Gasteiger partial charge in [0.1, 0.15) is 17.3 Å². The lowest BCUT2D eigenvalue weighted by molar-refractivity contribution is -0.121. The van der Waals surface area contributed by atoms with Gasteiger partial charge in [0.05, 0.1) is 4.91 Å². The number of phenols is 1. The zero-order chi connectivity index (χ0) is 17.3. The van der Waals surface area contributed by atoms with Crippen LogP contribution in [-0.4, -0.2) is 28.1 Å². The van der Waals surface area contributed by atoms with Crippen molar-refractivity contribution in [3.05, 3.63) is 64.3 Å². The van der Waals surface area contributed by atoms with Gasteiger partial charge in [-0.3, -0.25) is 9.69 Å². The van der Waals surface area contributed by atoms with Crippen LogP contribution in [0.3, 0.4) is 0 Å². The first-order chi connectivity index (χ1) is 11.4. The maximum absolute atomic E-state index is 13.0. The largest absolute Gasteiger partial charge is 0.506 e. The Labute approximate surface area is 143 Å². The van der Waals surface area contributed by atoms with Crippen LogP contribution in [0.1, 0.15) is 11.1 Å². The van der Waals surface area contributed by atoms with Crippen LogP contribution in [0, 0.1) is 12.7 Å². The predicted octanol–water partition coefficient (Wildman–Crippen LogP) is 4.07. The fraction of sp³-hybridized carbons (Fsp3) is 0.111. The van der Waals surface area contributed by atoms with Crippen molar-refractivity contribution in [3.8, 4) is 5.75 Å². The van der Waals surface area contributed by atoms with Gasteiger partial charge in [-0.2, -0.15) is 0 Å². The van der Waals surface area contributed by atoms with E-state index in [-0.39, 0.29) is 17.5 Å². The molecule has 0 aromatic heterocycles. The second kappa shape index (κ2) is 6.49. The van der Waals surface area contributed by atoms with Gasteiger partial charge in [0, 0.05) is 7.05 Å². The summed E-state index contributed by atoms with van der Waals surface area (Å²) in [5.41, 5.74) is 2.07. The van der Waals surface area contributed by atoms with E-state index in [1.165, 1.54) is 28.8 Å². The molecule has 0 bridgehead atoms. The number of aliphatic imine (C=N–C) groups is 1. The molecular weight excluding hydrogens is 327 g/mol. The normalized spacial score (nSPS) is 18.0. The Morgan fingerprint density at radius 3 is 2.58 bits per heavy atom. The van der Waals surface area contributed by atoms with Gasteiger partial charge >= 0.3 is 0 Å². The number of likely N-dealkylation sites (N-methyl/N-ethyl adjacent to an activating group) is 1. The molecule has 2 aromatic carbocycles. The molecule has 0 atom stereocenters. The molecule has 0 spiro atoms. The van der Waals surface area contributed by atoms with Crippen molar-refractivity contribution in [2.45, 2.75) is 6.92 Å². The summed E-state index contributed by atoms with van der Waals surface area (Å²) in [6.45, 7) is 1.88. The monoisotopic (exact) mass is 342 g/mol. The summed E-state index contributed by atoms with van der Waals surface area (Å²) < 4.78 is 13.0. The number of carbonyl (C=O) groups excluding carboxylic acids is 1. The molecule has 122 valence electrons. The van der Waals surface area contributed by atoms with E-state index in [1.807, 2.05) is 13.0 Å². The third-order valence-electron chi connectivity index (χ3n) is 3.52. The minimum atomic E-state index is -0.322. The van der Waals surface area contributed by atoms with Crippen LogP contribution >= 0.6 is 11.8 Å². The molecule has 1 fully saturated rings. The molecule has 24 heavy (non-hydrogen) atoms. The van der Waals surface area contributed by atoms with Crippen LogP contribution in [0.4, 0.5) is 10.1 Å². The highest BCUT2D eigenvalue weighted by Gasteiger charge is 2.30. The Bertz CT molecular complexity index is 860. The van der Waals surface area contributed by atoms with Gasteiger partial charge in [-0.25, -0.2) is 9.38 Å². The number of thioether (sulfide) groups is 1. The van der Waals surface area contributed by atoms with E-state index in [9.17, 15) is 14.3 Å². The summed E-state index contributed by atoms with van der Waals surface area (Å²) in [6, 6.07) is 11.1. The van der Waals surface area contributed by atoms with Crippen LogP contribution in [0.25, 0.3) is 6.08 Å². The van der Waals surface area contributed by atoms with Crippen LogP contribution in [0.15, 0.2) is 52.4 Å². The number of aromatic hydroxyl groups is 1. The second-order valence-corrected chi connectivity index (χ2v) is 6.42. The van der Waals surface area contributed by atoms with Gasteiger partial charge in [-0.15, -0.1) is 0 Å². The van der Waals surface area contributed by atoms with E-state index >= 15 is 0 Å². The topological polar surface area (TPSA) is 52.9 Å². The lowest BCUT2D eigenvalue weighted by Crippen LogP contribution is -2.23. The molecule has 2 aromatic rings. The Morgan fingerprint density at radius 1 is 1.21 bits per heavy atom. The number of carbonyl (C=O) groups is 1. The van der Waals surface area contributed by atoms with Crippen molar-refractivity contribution in [3.63, 3.8) is 0 Å². The van der Waals surface area contributed by atoms with Gasteiger partial charge in [-0.05, 0) is 60.2 Å². The SMILES string of the molecule is Cc1ccc(N=C2S/C(=C\c3ccc(F)cc3)C(=O)N2C)c(O)c1. The van der Waals surface area contributed by atoms with E-state index in [1.54, 1.807) is 37.4 Å². The quantitative estimate of drug-likeness (QED) is 0.837. The minimum Gasteiger partial charge on any atom is -0.506 e. The number of nitrogens with zero attached hydrogens (tertiary/aromatic N) is 2. The van der Waals surface area contributed by atoms with Crippen molar-refractivity contribution in [2.24, 2.45) is 4.99 Å². The highest BCUT2D eigenvalue weighted by Crippen LogP contribution is 2.35. The van der Waals surface area contributed by atoms with E-state index in [0.717, 1.165) is 11.1 Å². The number of rotatable bonds is 2. The molecule has 0 saturated carbocycles. The molecule has 1 heterocycles. The standard InChI is InChI=1S/C18H15FN2O2S/c1-11-3-8-14(15(22)9-11)20-18-21(2)17(23)16(24-18)10-12-4-6-13(19)7-5-12/h3-10,22H,1-2H3/b16-10-,20-18?. The van der Waals surface area contributed by atoms with Crippen LogP contribution in [-0.2, 0) is 4.79 Å².